The fourth-order valence-electron chi connectivity index (χ4n) is 1.87. The fourth-order valence-corrected chi connectivity index (χ4v) is 2.72. The minimum absolute atomic E-state index is 0.249. The number of hydrogen-bond donors (Lipinski definition) is 1. The first-order chi connectivity index (χ1) is 9.04. The lowest BCUT2D eigenvalue weighted by atomic mass is 10.0. The Morgan fingerprint density at radius 3 is 2.95 bits per heavy atom. The van der Waals surface area contributed by atoms with E-state index in [1.54, 1.807) is 24.3 Å². The molecule has 1 saturated heterocycles. The SMILES string of the molecule is C=C1NC(=Cc2sccc2C)C(=O)C1C(=O)OCC. The van der Waals surface area contributed by atoms with Gasteiger partial charge in [-0.1, -0.05) is 6.58 Å². The van der Waals surface area contributed by atoms with Crippen LogP contribution in [0.15, 0.2) is 29.4 Å². The zero-order valence-corrected chi connectivity index (χ0v) is 11.7. The van der Waals surface area contributed by atoms with Gasteiger partial charge >= 0.3 is 5.97 Å². The highest BCUT2D eigenvalue weighted by atomic mass is 32.1. The topological polar surface area (TPSA) is 55.4 Å². The molecule has 1 N–H and O–H groups in total. The molecule has 1 atom stereocenters. The minimum Gasteiger partial charge on any atom is -0.465 e. The highest BCUT2D eigenvalue weighted by Gasteiger charge is 2.39. The van der Waals surface area contributed by atoms with Gasteiger partial charge in [-0.05, 0) is 36.9 Å². The average molecular weight is 277 g/mol. The summed E-state index contributed by atoms with van der Waals surface area (Å²) in [5, 5.41) is 4.84. The van der Waals surface area contributed by atoms with E-state index in [-0.39, 0.29) is 12.4 Å². The number of ether oxygens (including phenoxy) is 1. The van der Waals surface area contributed by atoms with Crippen LogP contribution in [0.4, 0.5) is 0 Å². The molecule has 0 bridgehead atoms. The monoisotopic (exact) mass is 277 g/mol. The minimum atomic E-state index is -0.925. The number of aryl methyl sites for hydroxylation is 1. The van der Waals surface area contributed by atoms with Gasteiger partial charge in [-0.25, -0.2) is 0 Å². The number of rotatable bonds is 3. The summed E-state index contributed by atoms with van der Waals surface area (Å²) in [7, 11) is 0. The second-order valence-electron chi connectivity index (χ2n) is 4.23. The van der Waals surface area contributed by atoms with Crippen LogP contribution < -0.4 is 5.32 Å². The number of esters is 1. The number of allylic oxidation sites excluding steroid dienone is 1. The lowest BCUT2D eigenvalue weighted by Gasteiger charge is -2.06. The molecular weight excluding hydrogens is 262 g/mol. The molecule has 4 nitrogen and oxygen atoms in total. The molecule has 1 unspecified atom stereocenters. The van der Waals surface area contributed by atoms with Crippen molar-refractivity contribution >= 4 is 29.2 Å². The Balaban J connectivity index is 2.25. The van der Waals surface area contributed by atoms with E-state index in [1.807, 2.05) is 18.4 Å². The van der Waals surface area contributed by atoms with Crippen LogP contribution in [-0.4, -0.2) is 18.4 Å². The van der Waals surface area contributed by atoms with Crippen LogP contribution in [0.1, 0.15) is 17.4 Å². The quantitative estimate of drug-likeness (QED) is 0.523. The van der Waals surface area contributed by atoms with Gasteiger partial charge < -0.3 is 10.1 Å². The summed E-state index contributed by atoms with van der Waals surface area (Å²) in [6.07, 6.45) is 1.76. The Kier molecular flexibility index (Phi) is 3.85. The zero-order chi connectivity index (χ0) is 14.0. The van der Waals surface area contributed by atoms with Gasteiger partial charge in [-0.3, -0.25) is 9.59 Å². The number of hydrogen-bond acceptors (Lipinski definition) is 5. The lowest BCUT2D eigenvalue weighted by molar-refractivity contribution is -0.148. The number of ketones is 1. The molecule has 2 rings (SSSR count). The van der Waals surface area contributed by atoms with Crippen molar-refractivity contribution in [2.45, 2.75) is 13.8 Å². The van der Waals surface area contributed by atoms with Gasteiger partial charge in [-0.15, -0.1) is 11.3 Å². The number of carbonyl (C=O) groups is 2. The van der Waals surface area contributed by atoms with E-state index in [2.05, 4.69) is 11.9 Å². The third kappa shape index (κ3) is 2.61. The smallest absolute Gasteiger partial charge is 0.322 e. The van der Waals surface area contributed by atoms with Crippen molar-refractivity contribution in [3.8, 4) is 0 Å². The van der Waals surface area contributed by atoms with Crippen LogP contribution >= 0.6 is 11.3 Å². The van der Waals surface area contributed by atoms with Gasteiger partial charge in [0.05, 0.1) is 12.3 Å². The molecule has 0 aromatic carbocycles. The largest absolute Gasteiger partial charge is 0.465 e. The molecule has 100 valence electrons. The zero-order valence-electron chi connectivity index (χ0n) is 10.9. The van der Waals surface area contributed by atoms with E-state index in [0.29, 0.717) is 11.4 Å². The standard InChI is InChI=1S/C14H15NO3S/c1-4-18-14(17)12-9(3)15-10(13(12)16)7-11-8(2)5-6-19-11/h5-7,12,15H,3-4H2,1-2H3. The van der Waals surface area contributed by atoms with E-state index in [9.17, 15) is 9.59 Å². The maximum Gasteiger partial charge on any atom is 0.322 e. The first-order valence-corrected chi connectivity index (χ1v) is 6.85. The second kappa shape index (κ2) is 5.40. The summed E-state index contributed by atoms with van der Waals surface area (Å²) < 4.78 is 4.89. The number of thiophene rings is 1. The molecule has 2 heterocycles. The Hall–Kier alpha value is -1.88. The molecule has 1 aromatic rings. The van der Waals surface area contributed by atoms with Crippen LogP contribution in [0.3, 0.4) is 0 Å². The van der Waals surface area contributed by atoms with Crippen LogP contribution in [0.2, 0.25) is 0 Å². The van der Waals surface area contributed by atoms with E-state index >= 15 is 0 Å². The molecule has 1 aromatic heterocycles. The van der Waals surface area contributed by atoms with Crippen molar-refractivity contribution in [3.63, 3.8) is 0 Å². The summed E-state index contributed by atoms with van der Waals surface area (Å²) >= 11 is 1.55. The van der Waals surface area contributed by atoms with Crippen molar-refractivity contribution < 1.29 is 14.3 Å². The summed E-state index contributed by atoms with van der Waals surface area (Å²) in [6, 6.07) is 1.98. The molecular formula is C14H15NO3S. The average Bonchev–Trinajstić information content (AvgIpc) is 2.86. The predicted octanol–water partition coefficient (Wildman–Crippen LogP) is 2.26. The van der Waals surface area contributed by atoms with Crippen molar-refractivity contribution in [2.24, 2.45) is 5.92 Å². The Labute approximate surface area is 115 Å². The highest BCUT2D eigenvalue weighted by Crippen LogP contribution is 2.26. The molecule has 1 fully saturated rings. The van der Waals surface area contributed by atoms with Crippen LogP contribution in [0.5, 0.6) is 0 Å². The summed E-state index contributed by atoms with van der Waals surface area (Å²) in [6.45, 7) is 7.65. The van der Waals surface area contributed by atoms with E-state index in [4.69, 9.17) is 4.74 Å². The van der Waals surface area contributed by atoms with Gasteiger partial charge in [0, 0.05) is 10.6 Å². The van der Waals surface area contributed by atoms with Gasteiger partial charge in [0.2, 0.25) is 0 Å². The third-order valence-electron chi connectivity index (χ3n) is 2.87. The fraction of sp³-hybridized carbons (Fsp3) is 0.286. The Bertz CT molecular complexity index is 571. The van der Waals surface area contributed by atoms with Crippen LogP contribution in [0.25, 0.3) is 6.08 Å². The predicted molar refractivity (Wildman–Crippen MR) is 74.4 cm³/mol. The third-order valence-corrected chi connectivity index (χ3v) is 3.84. The van der Waals surface area contributed by atoms with E-state index < -0.39 is 11.9 Å². The maximum absolute atomic E-state index is 12.2. The molecule has 0 saturated carbocycles. The molecule has 0 aliphatic carbocycles. The number of carbonyl (C=O) groups excluding carboxylic acids is 2. The second-order valence-corrected chi connectivity index (χ2v) is 5.17. The summed E-state index contributed by atoms with van der Waals surface area (Å²) in [5.74, 6) is -1.75. The van der Waals surface area contributed by atoms with Crippen molar-refractivity contribution in [1.29, 1.82) is 0 Å². The molecule has 5 heteroatoms. The van der Waals surface area contributed by atoms with E-state index in [1.165, 1.54) is 0 Å². The molecule has 0 amide bonds. The van der Waals surface area contributed by atoms with E-state index in [0.717, 1.165) is 10.4 Å². The van der Waals surface area contributed by atoms with Crippen molar-refractivity contribution in [2.75, 3.05) is 6.61 Å². The normalized spacial score (nSPS) is 20.7. The van der Waals surface area contributed by atoms with Crippen LogP contribution in [-0.2, 0) is 14.3 Å². The first-order valence-electron chi connectivity index (χ1n) is 5.97. The Morgan fingerprint density at radius 1 is 1.63 bits per heavy atom. The Morgan fingerprint density at radius 2 is 2.37 bits per heavy atom. The molecule has 19 heavy (non-hydrogen) atoms. The highest BCUT2D eigenvalue weighted by molar-refractivity contribution is 7.11. The lowest BCUT2D eigenvalue weighted by Crippen LogP contribution is -2.23. The first kappa shape index (κ1) is 13.5. The summed E-state index contributed by atoms with van der Waals surface area (Å²) in [4.78, 5) is 24.9. The molecule has 1 aliphatic heterocycles. The van der Waals surface area contributed by atoms with Crippen LogP contribution in [0, 0.1) is 12.8 Å². The maximum atomic E-state index is 12.2. The summed E-state index contributed by atoms with van der Waals surface area (Å²) in [5.41, 5.74) is 1.87. The number of Topliss-reactive ketones (excluding diaryl/α,β-unsaturated/α-hetero) is 1. The van der Waals surface area contributed by atoms with Crippen molar-refractivity contribution in [3.05, 3.63) is 39.9 Å². The number of nitrogens with one attached hydrogen (secondary N) is 1. The van der Waals surface area contributed by atoms with Gasteiger partial charge in [0.15, 0.2) is 11.7 Å². The van der Waals surface area contributed by atoms with Gasteiger partial charge in [0.25, 0.3) is 0 Å². The van der Waals surface area contributed by atoms with Crippen molar-refractivity contribution in [1.82, 2.24) is 5.32 Å². The molecule has 0 spiro atoms. The molecule has 1 aliphatic rings. The van der Waals surface area contributed by atoms with Gasteiger partial charge in [0.1, 0.15) is 0 Å². The van der Waals surface area contributed by atoms with Gasteiger partial charge in [-0.2, -0.15) is 0 Å². The molecule has 0 radical (unpaired) electrons.